The first-order valence-electron chi connectivity index (χ1n) is 5.34. The fourth-order valence-corrected chi connectivity index (χ4v) is 1.88. The van der Waals surface area contributed by atoms with Crippen LogP contribution >= 0.6 is 11.6 Å². The highest BCUT2D eigenvalue weighted by molar-refractivity contribution is 6.34. The SMILES string of the molecule is Cc1nn(C)cc1C(=O)Nc1ccc(N)cc1Cl. The molecule has 0 aliphatic carbocycles. The molecule has 6 heteroatoms. The van der Waals surface area contributed by atoms with Crippen molar-refractivity contribution in [1.29, 1.82) is 0 Å². The van der Waals surface area contributed by atoms with E-state index in [2.05, 4.69) is 10.4 Å². The van der Waals surface area contributed by atoms with Crippen molar-refractivity contribution >= 4 is 28.9 Å². The summed E-state index contributed by atoms with van der Waals surface area (Å²) in [5.74, 6) is -0.243. The van der Waals surface area contributed by atoms with Gasteiger partial charge in [-0.2, -0.15) is 5.10 Å². The predicted molar refractivity (Wildman–Crippen MR) is 71.8 cm³/mol. The van der Waals surface area contributed by atoms with Crippen molar-refractivity contribution in [2.75, 3.05) is 11.1 Å². The first kappa shape index (κ1) is 12.4. The zero-order valence-corrected chi connectivity index (χ0v) is 10.8. The number of anilines is 2. The van der Waals surface area contributed by atoms with Gasteiger partial charge in [-0.25, -0.2) is 0 Å². The molecule has 0 aliphatic rings. The minimum absolute atomic E-state index is 0.243. The lowest BCUT2D eigenvalue weighted by atomic mass is 10.2. The van der Waals surface area contributed by atoms with Crippen LogP contribution in [0.5, 0.6) is 0 Å². The van der Waals surface area contributed by atoms with E-state index in [4.69, 9.17) is 17.3 Å². The largest absolute Gasteiger partial charge is 0.399 e. The summed E-state index contributed by atoms with van der Waals surface area (Å²) in [4.78, 5) is 12.0. The predicted octanol–water partition coefficient (Wildman–Crippen LogP) is 2.22. The molecule has 94 valence electrons. The quantitative estimate of drug-likeness (QED) is 0.817. The molecule has 1 heterocycles. The van der Waals surface area contributed by atoms with Gasteiger partial charge < -0.3 is 11.1 Å². The van der Waals surface area contributed by atoms with Crippen LogP contribution in [0.3, 0.4) is 0 Å². The van der Waals surface area contributed by atoms with Crippen LogP contribution in [0.4, 0.5) is 11.4 Å². The number of nitrogens with two attached hydrogens (primary N) is 1. The first-order chi connectivity index (χ1) is 8.47. The fraction of sp³-hybridized carbons (Fsp3) is 0.167. The van der Waals surface area contributed by atoms with Gasteiger partial charge in [-0.05, 0) is 25.1 Å². The molecule has 2 aromatic rings. The molecule has 5 nitrogen and oxygen atoms in total. The van der Waals surface area contributed by atoms with Crippen LogP contribution < -0.4 is 11.1 Å². The third-order valence-corrected chi connectivity index (χ3v) is 2.81. The average molecular weight is 265 g/mol. The van der Waals surface area contributed by atoms with E-state index in [0.717, 1.165) is 0 Å². The van der Waals surface area contributed by atoms with Gasteiger partial charge in [-0.1, -0.05) is 11.6 Å². The summed E-state index contributed by atoms with van der Waals surface area (Å²) in [6, 6.07) is 4.94. The molecule has 0 atom stereocenters. The lowest BCUT2D eigenvalue weighted by molar-refractivity contribution is 0.102. The number of nitrogen functional groups attached to an aromatic ring is 1. The van der Waals surface area contributed by atoms with Crippen molar-refractivity contribution in [1.82, 2.24) is 9.78 Å². The first-order valence-corrected chi connectivity index (χ1v) is 5.72. The Labute approximate surface area is 110 Å². The van der Waals surface area contributed by atoms with Crippen LogP contribution in [0, 0.1) is 6.92 Å². The highest BCUT2D eigenvalue weighted by atomic mass is 35.5. The van der Waals surface area contributed by atoms with Gasteiger partial charge in [0.15, 0.2) is 0 Å². The Bertz CT molecular complexity index is 606. The standard InChI is InChI=1S/C12H13ClN4O/c1-7-9(6-17(2)16-7)12(18)15-11-4-3-8(14)5-10(11)13/h3-6H,14H2,1-2H3,(H,15,18). The van der Waals surface area contributed by atoms with Gasteiger partial charge in [-0.15, -0.1) is 0 Å². The van der Waals surface area contributed by atoms with Gasteiger partial charge in [0, 0.05) is 18.9 Å². The highest BCUT2D eigenvalue weighted by Crippen LogP contribution is 2.24. The number of aromatic nitrogens is 2. The van der Waals surface area contributed by atoms with Crippen LogP contribution in [0.2, 0.25) is 5.02 Å². The Morgan fingerprint density at radius 3 is 2.78 bits per heavy atom. The molecule has 18 heavy (non-hydrogen) atoms. The molecule has 1 aromatic heterocycles. The van der Waals surface area contributed by atoms with E-state index < -0.39 is 0 Å². The van der Waals surface area contributed by atoms with Gasteiger partial charge in [0.25, 0.3) is 5.91 Å². The van der Waals surface area contributed by atoms with Crippen LogP contribution in [0.15, 0.2) is 24.4 Å². The molecule has 0 aliphatic heterocycles. The fourth-order valence-electron chi connectivity index (χ4n) is 1.64. The summed E-state index contributed by atoms with van der Waals surface area (Å²) in [5.41, 5.74) is 7.85. The Morgan fingerprint density at radius 2 is 2.22 bits per heavy atom. The number of carbonyl (C=O) groups excluding carboxylic acids is 1. The molecule has 0 unspecified atom stereocenters. The van der Waals surface area contributed by atoms with Crippen molar-refractivity contribution < 1.29 is 4.79 Å². The summed E-state index contributed by atoms with van der Waals surface area (Å²) in [5, 5.41) is 7.25. The van der Waals surface area contributed by atoms with Crippen molar-refractivity contribution in [2.45, 2.75) is 6.92 Å². The Kier molecular flexibility index (Phi) is 3.25. The lowest BCUT2D eigenvalue weighted by Crippen LogP contribution is -2.12. The average Bonchev–Trinajstić information content (AvgIpc) is 2.62. The number of carbonyl (C=O) groups is 1. The van der Waals surface area contributed by atoms with Crippen molar-refractivity contribution in [3.8, 4) is 0 Å². The van der Waals surface area contributed by atoms with Crippen LogP contribution in [0.1, 0.15) is 16.1 Å². The van der Waals surface area contributed by atoms with Gasteiger partial charge in [0.2, 0.25) is 0 Å². The van der Waals surface area contributed by atoms with E-state index in [1.165, 1.54) is 0 Å². The third kappa shape index (κ3) is 2.46. The summed E-state index contributed by atoms with van der Waals surface area (Å²) in [6.45, 7) is 1.78. The van der Waals surface area contributed by atoms with E-state index in [0.29, 0.717) is 27.7 Å². The van der Waals surface area contributed by atoms with Crippen molar-refractivity contribution in [3.05, 3.63) is 40.7 Å². The number of hydrogen-bond acceptors (Lipinski definition) is 3. The topological polar surface area (TPSA) is 72.9 Å². The number of nitrogens with zero attached hydrogens (tertiary/aromatic N) is 2. The Hall–Kier alpha value is -2.01. The van der Waals surface area contributed by atoms with Crippen molar-refractivity contribution in [2.24, 2.45) is 7.05 Å². The monoisotopic (exact) mass is 264 g/mol. The normalized spacial score (nSPS) is 10.4. The third-order valence-electron chi connectivity index (χ3n) is 2.50. The van der Waals surface area contributed by atoms with Crippen LogP contribution in [-0.2, 0) is 7.05 Å². The molecular formula is C12H13ClN4O. The number of amides is 1. The second-order valence-electron chi connectivity index (χ2n) is 4.00. The molecule has 0 fully saturated rings. The van der Waals surface area contributed by atoms with Crippen LogP contribution in [0.25, 0.3) is 0 Å². The zero-order chi connectivity index (χ0) is 13.3. The minimum atomic E-state index is -0.243. The number of nitrogens with one attached hydrogen (secondary N) is 1. The molecule has 0 spiro atoms. The molecule has 1 aromatic carbocycles. The number of halogens is 1. The molecule has 0 saturated carbocycles. The maximum atomic E-state index is 12.0. The van der Waals surface area contributed by atoms with E-state index in [1.54, 1.807) is 43.0 Å². The zero-order valence-electron chi connectivity index (χ0n) is 10.1. The van der Waals surface area contributed by atoms with Gasteiger partial charge in [-0.3, -0.25) is 9.48 Å². The summed E-state index contributed by atoms with van der Waals surface area (Å²) >= 11 is 5.99. The van der Waals surface area contributed by atoms with Crippen molar-refractivity contribution in [3.63, 3.8) is 0 Å². The Balaban J connectivity index is 2.24. The number of rotatable bonds is 2. The molecule has 0 saturated heterocycles. The minimum Gasteiger partial charge on any atom is -0.399 e. The second-order valence-corrected chi connectivity index (χ2v) is 4.40. The van der Waals surface area contributed by atoms with E-state index in [1.807, 2.05) is 0 Å². The highest BCUT2D eigenvalue weighted by Gasteiger charge is 2.13. The molecule has 0 radical (unpaired) electrons. The van der Waals surface area contributed by atoms with E-state index >= 15 is 0 Å². The maximum Gasteiger partial charge on any atom is 0.259 e. The summed E-state index contributed by atoms with van der Waals surface area (Å²) < 4.78 is 1.59. The number of benzene rings is 1. The van der Waals surface area contributed by atoms with Crippen LogP contribution in [-0.4, -0.2) is 15.7 Å². The molecule has 2 rings (SSSR count). The molecule has 3 N–H and O–H groups in total. The molecular weight excluding hydrogens is 252 g/mol. The molecule has 1 amide bonds. The molecule has 0 bridgehead atoms. The van der Waals surface area contributed by atoms with Gasteiger partial charge >= 0.3 is 0 Å². The summed E-state index contributed by atoms with van der Waals surface area (Å²) in [6.07, 6.45) is 1.66. The van der Waals surface area contributed by atoms with Gasteiger partial charge in [0.1, 0.15) is 0 Å². The smallest absolute Gasteiger partial charge is 0.259 e. The lowest BCUT2D eigenvalue weighted by Gasteiger charge is -2.07. The number of aryl methyl sites for hydroxylation is 2. The second kappa shape index (κ2) is 4.70. The maximum absolute atomic E-state index is 12.0. The Morgan fingerprint density at radius 1 is 1.50 bits per heavy atom. The number of hydrogen-bond donors (Lipinski definition) is 2. The van der Waals surface area contributed by atoms with E-state index in [-0.39, 0.29) is 5.91 Å². The van der Waals surface area contributed by atoms with E-state index in [9.17, 15) is 4.79 Å². The summed E-state index contributed by atoms with van der Waals surface area (Å²) in [7, 11) is 1.76. The van der Waals surface area contributed by atoms with Gasteiger partial charge in [0.05, 0.1) is 22.0 Å².